The summed E-state index contributed by atoms with van der Waals surface area (Å²) in [5.41, 5.74) is 0.291. The van der Waals surface area contributed by atoms with Crippen LogP contribution in [-0.4, -0.2) is 17.4 Å². The van der Waals surface area contributed by atoms with Gasteiger partial charge in [-0.25, -0.2) is 0 Å². The first-order valence-electron chi connectivity index (χ1n) is 7.54. The molecule has 0 fully saturated rings. The fraction of sp³-hybridized carbons (Fsp3) is 0.111. The molecule has 0 saturated heterocycles. The molecule has 0 aliphatic rings. The Hall–Kier alpha value is -3.37. The Morgan fingerprint density at radius 1 is 1.35 bits per heavy atom. The summed E-state index contributed by atoms with van der Waals surface area (Å²) in [5, 5.41) is 22.6. The summed E-state index contributed by atoms with van der Waals surface area (Å²) < 4.78 is 5.33. The van der Waals surface area contributed by atoms with Gasteiger partial charge in [0, 0.05) is 12.1 Å². The fourth-order valence-corrected chi connectivity index (χ4v) is 2.22. The van der Waals surface area contributed by atoms with Crippen LogP contribution >= 0.6 is 11.6 Å². The molecule has 0 spiro atoms. The van der Waals surface area contributed by atoms with Crippen molar-refractivity contribution in [3.63, 3.8) is 0 Å². The largest absolute Gasteiger partial charge is 0.494 e. The molecule has 0 saturated carbocycles. The second kappa shape index (κ2) is 8.65. The Kier molecular flexibility index (Phi) is 6.31. The number of carbonyl (C=O) groups is 1. The predicted molar refractivity (Wildman–Crippen MR) is 97.9 cm³/mol. The lowest BCUT2D eigenvalue weighted by atomic mass is 10.1. The van der Waals surface area contributed by atoms with Gasteiger partial charge in [-0.05, 0) is 36.8 Å². The monoisotopic (exact) mass is 371 g/mol. The van der Waals surface area contributed by atoms with E-state index in [2.05, 4.69) is 5.32 Å². The van der Waals surface area contributed by atoms with Crippen LogP contribution in [0.15, 0.2) is 48.0 Å². The van der Waals surface area contributed by atoms with Crippen LogP contribution in [-0.2, 0) is 4.79 Å². The summed E-state index contributed by atoms with van der Waals surface area (Å²) in [7, 11) is 0. The normalized spacial score (nSPS) is 10.7. The van der Waals surface area contributed by atoms with E-state index in [0.29, 0.717) is 17.9 Å². The molecule has 0 bridgehead atoms. The van der Waals surface area contributed by atoms with Crippen LogP contribution in [0.25, 0.3) is 6.08 Å². The zero-order valence-corrected chi connectivity index (χ0v) is 14.5. The van der Waals surface area contributed by atoms with E-state index in [1.54, 1.807) is 24.3 Å². The van der Waals surface area contributed by atoms with E-state index in [1.165, 1.54) is 18.2 Å². The van der Waals surface area contributed by atoms with Gasteiger partial charge in [0.15, 0.2) is 0 Å². The van der Waals surface area contributed by atoms with Gasteiger partial charge in [0.25, 0.3) is 11.6 Å². The fourth-order valence-electron chi connectivity index (χ4n) is 2.05. The molecule has 2 aromatic rings. The second-order valence-corrected chi connectivity index (χ2v) is 5.45. The molecule has 2 rings (SSSR count). The number of nitrogens with one attached hydrogen (secondary N) is 1. The average molecular weight is 372 g/mol. The van der Waals surface area contributed by atoms with Crippen LogP contribution in [0, 0.1) is 21.4 Å². The summed E-state index contributed by atoms with van der Waals surface area (Å²) in [4.78, 5) is 22.5. The van der Waals surface area contributed by atoms with Crippen LogP contribution in [0.5, 0.6) is 5.75 Å². The number of hydrogen-bond acceptors (Lipinski definition) is 5. The van der Waals surface area contributed by atoms with Crippen LogP contribution in [0.4, 0.5) is 11.4 Å². The number of rotatable bonds is 6. The van der Waals surface area contributed by atoms with E-state index in [9.17, 15) is 20.2 Å². The highest BCUT2D eigenvalue weighted by Crippen LogP contribution is 2.27. The van der Waals surface area contributed by atoms with E-state index in [0.717, 1.165) is 6.07 Å². The Morgan fingerprint density at radius 2 is 2.04 bits per heavy atom. The number of benzene rings is 2. The maximum Gasteiger partial charge on any atom is 0.271 e. The molecule has 0 aliphatic heterocycles. The third kappa shape index (κ3) is 4.82. The molecule has 0 unspecified atom stereocenters. The van der Waals surface area contributed by atoms with Crippen molar-refractivity contribution in [1.29, 1.82) is 5.26 Å². The molecule has 0 atom stereocenters. The van der Waals surface area contributed by atoms with Crippen molar-refractivity contribution in [3.8, 4) is 11.8 Å². The number of nitrogens with zero attached hydrogens (tertiary/aromatic N) is 2. The first-order valence-corrected chi connectivity index (χ1v) is 7.92. The first-order chi connectivity index (χ1) is 12.4. The smallest absolute Gasteiger partial charge is 0.271 e. The SMILES string of the molecule is CCOc1ccc(/C=C(\C#N)C(=O)Nc2cc([N+](=O)[O-])ccc2Cl)cc1. The predicted octanol–water partition coefficient (Wildman–Crippen LogP) is 4.19. The highest BCUT2D eigenvalue weighted by molar-refractivity contribution is 6.34. The number of nitro groups is 1. The molecule has 2 aromatic carbocycles. The van der Waals surface area contributed by atoms with Crippen molar-refractivity contribution >= 4 is 35.0 Å². The van der Waals surface area contributed by atoms with Gasteiger partial charge in [-0.2, -0.15) is 5.26 Å². The zero-order chi connectivity index (χ0) is 19.1. The molecular weight excluding hydrogens is 358 g/mol. The Labute approximate surface area is 154 Å². The molecule has 132 valence electrons. The number of amides is 1. The van der Waals surface area contributed by atoms with E-state index >= 15 is 0 Å². The number of halogens is 1. The maximum atomic E-state index is 12.3. The number of carbonyl (C=O) groups excluding carboxylic acids is 1. The highest BCUT2D eigenvalue weighted by atomic mass is 35.5. The Balaban J connectivity index is 2.22. The minimum Gasteiger partial charge on any atom is -0.494 e. The van der Waals surface area contributed by atoms with E-state index in [4.69, 9.17) is 16.3 Å². The minimum atomic E-state index is -0.719. The summed E-state index contributed by atoms with van der Waals surface area (Å²) in [6.45, 7) is 2.40. The summed E-state index contributed by atoms with van der Waals surface area (Å²) in [6, 6.07) is 12.3. The summed E-state index contributed by atoms with van der Waals surface area (Å²) in [6.07, 6.45) is 1.40. The molecule has 0 radical (unpaired) electrons. The standard InChI is InChI=1S/C18H14ClN3O4/c1-2-26-15-6-3-12(4-7-15)9-13(11-20)18(23)21-17-10-14(22(24)25)5-8-16(17)19/h3-10H,2H2,1H3,(H,21,23)/b13-9+. The topological polar surface area (TPSA) is 105 Å². The number of anilines is 1. The summed E-state index contributed by atoms with van der Waals surface area (Å²) >= 11 is 5.95. The van der Waals surface area contributed by atoms with Crippen molar-refractivity contribution in [1.82, 2.24) is 0 Å². The van der Waals surface area contributed by atoms with Gasteiger partial charge in [0.1, 0.15) is 17.4 Å². The van der Waals surface area contributed by atoms with Gasteiger partial charge >= 0.3 is 0 Å². The second-order valence-electron chi connectivity index (χ2n) is 5.05. The number of hydrogen-bond donors (Lipinski definition) is 1. The van der Waals surface area contributed by atoms with Gasteiger partial charge in [-0.1, -0.05) is 23.7 Å². The Morgan fingerprint density at radius 3 is 2.62 bits per heavy atom. The van der Waals surface area contributed by atoms with Crippen molar-refractivity contribution in [2.24, 2.45) is 0 Å². The van der Waals surface area contributed by atoms with E-state index in [-0.39, 0.29) is 22.0 Å². The average Bonchev–Trinajstić information content (AvgIpc) is 2.62. The van der Waals surface area contributed by atoms with Gasteiger partial charge in [-0.3, -0.25) is 14.9 Å². The molecular formula is C18H14ClN3O4. The van der Waals surface area contributed by atoms with Crippen molar-refractivity contribution < 1.29 is 14.5 Å². The van der Waals surface area contributed by atoms with Crippen molar-refractivity contribution in [2.75, 3.05) is 11.9 Å². The van der Waals surface area contributed by atoms with Crippen LogP contribution in [0.1, 0.15) is 12.5 Å². The van der Waals surface area contributed by atoms with Crippen molar-refractivity contribution in [2.45, 2.75) is 6.92 Å². The van der Waals surface area contributed by atoms with E-state index < -0.39 is 10.8 Å². The molecule has 0 heterocycles. The molecule has 1 N–H and O–H groups in total. The summed E-state index contributed by atoms with van der Waals surface area (Å²) in [5.74, 6) is -0.0419. The molecule has 8 heteroatoms. The van der Waals surface area contributed by atoms with Crippen LogP contribution in [0.3, 0.4) is 0 Å². The number of nitro benzene ring substituents is 1. The van der Waals surface area contributed by atoms with Gasteiger partial charge in [0.2, 0.25) is 0 Å². The number of nitriles is 1. The number of non-ortho nitro benzene ring substituents is 1. The first kappa shape index (κ1) is 19.0. The van der Waals surface area contributed by atoms with Gasteiger partial charge in [-0.15, -0.1) is 0 Å². The lowest BCUT2D eigenvalue weighted by Gasteiger charge is -2.07. The highest BCUT2D eigenvalue weighted by Gasteiger charge is 2.15. The van der Waals surface area contributed by atoms with Crippen LogP contribution in [0.2, 0.25) is 5.02 Å². The lowest BCUT2D eigenvalue weighted by molar-refractivity contribution is -0.384. The lowest BCUT2D eigenvalue weighted by Crippen LogP contribution is -2.14. The molecule has 26 heavy (non-hydrogen) atoms. The molecule has 1 amide bonds. The van der Waals surface area contributed by atoms with E-state index in [1.807, 2.05) is 13.0 Å². The molecule has 0 aromatic heterocycles. The quantitative estimate of drug-likeness (QED) is 0.354. The zero-order valence-electron chi connectivity index (χ0n) is 13.7. The third-order valence-electron chi connectivity index (χ3n) is 3.28. The van der Waals surface area contributed by atoms with Gasteiger partial charge in [0.05, 0.1) is 22.2 Å². The van der Waals surface area contributed by atoms with Crippen LogP contribution < -0.4 is 10.1 Å². The minimum absolute atomic E-state index is 0.0544. The third-order valence-corrected chi connectivity index (χ3v) is 3.61. The Bertz CT molecular complexity index is 902. The van der Waals surface area contributed by atoms with Gasteiger partial charge < -0.3 is 10.1 Å². The number of ether oxygens (including phenoxy) is 1. The molecule has 0 aliphatic carbocycles. The molecule has 7 nitrogen and oxygen atoms in total. The maximum absolute atomic E-state index is 12.3. The van der Waals surface area contributed by atoms with Crippen molar-refractivity contribution in [3.05, 3.63) is 68.7 Å².